The number of morpholine rings is 1. The van der Waals surface area contributed by atoms with Crippen molar-refractivity contribution in [1.82, 2.24) is 14.5 Å². The SMILES string of the molecule is COc1cc(C=C2OC(C)(C)CN([C@H](c3cc(F)c(F)c(F)c3)[C@@H](C)O)C2=O)ccc1-n1cnc(C)c1. The van der Waals surface area contributed by atoms with E-state index < -0.39 is 41.1 Å². The lowest BCUT2D eigenvalue weighted by molar-refractivity contribution is -0.153. The van der Waals surface area contributed by atoms with Gasteiger partial charge in [0.25, 0.3) is 5.91 Å². The quantitative estimate of drug-likeness (QED) is 0.380. The Morgan fingerprint density at radius 3 is 2.43 bits per heavy atom. The van der Waals surface area contributed by atoms with Gasteiger partial charge in [0.05, 0.1) is 43.5 Å². The van der Waals surface area contributed by atoms with Crippen LogP contribution in [0.15, 0.2) is 48.6 Å². The Bertz CT molecular complexity index is 1340. The van der Waals surface area contributed by atoms with Crippen LogP contribution in [-0.2, 0) is 9.53 Å². The number of halogens is 3. The number of amides is 1. The van der Waals surface area contributed by atoms with E-state index in [-0.39, 0.29) is 17.9 Å². The molecule has 1 fully saturated rings. The fourth-order valence-electron chi connectivity index (χ4n) is 4.48. The van der Waals surface area contributed by atoms with E-state index in [4.69, 9.17) is 9.47 Å². The third-order valence-electron chi connectivity index (χ3n) is 6.04. The molecule has 0 spiro atoms. The Kier molecular flexibility index (Phi) is 7.05. The zero-order valence-electron chi connectivity index (χ0n) is 21.1. The predicted molar refractivity (Wildman–Crippen MR) is 130 cm³/mol. The van der Waals surface area contributed by atoms with Crippen molar-refractivity contribution in [2.45, 2.75) is 45.4 Å². The van der Waals surface area contributed by atoms with Crippen LogP contribution in [0.1, 0.15) is 43.6 Å². The van der Waals surface area contributed by atoms with Crippen molar-refractivity contribution < 1.29 is 32.5 Å². The van der Waals surface area contributed by atoms with Gasteiger partial charge >= 0.3 is 0 Å². The summed E-state index contributed by atoms with van der Waals surface area (Å²) in [7, 11) is 1.53. The van der Waals surface area contributed by atoms with Gasteiger partial charge < -0.3 is 24.0 Å². The fraction of sp³-hybridized carbons (Fsp3) is 0.333. The molecule has 0 saturated carbocycles. The smallest absolute Gasteiger partial charge is 0.289 e. The number of hydrogen-bond acceptors (Lipinski definition) is 5. The molecule has 2 aromatic carbocycles. The number of aromatic nitrogens is 2. The molecule has 1 amide bonds. The number of ether oxygens (including phenoxy) is 2. The fourth-order valence-corrected chi connectivity index (χ4v) is 4.48. The van der Waals surface area contributed by atoms with Crippen molar-refractivity contribution in [2.75, 3.05) is 13.7 Å². The molecule has 1 N–H and O–H groups in total. The summed E-state index contributed by atoms with van der Waals surface area (Å²) in [5.41, 5.74) is 1.22. The second-order valence-corrected chi connectivity index (χ2v) is 9.64. The van der Waals surface area contributed by atoms with E-state index in [1.54, 1.807) is 32.3 Å². The molecular weight excluding hydrogens is 487 g/mol. The average molecular weight is 516 g/mol. The first-order valence-corrected chi connectivity index (χ1v) is 11.6. The third-order valence-corrected chi connectivity index (χ3v) is 6.04. The molecule has 1 saturated heterocycles. The van der Waals surface area contributed by atoms with E-state index >= 15 is 0 Å². The summed E-state index contributed by atoms with van der Waals surface area (Å²) in [6, 6.07) is 5.75. The largest absolute Gasteiger partial charge is 0.495 e. The molecule has 37 heavy (non-hydrogen) atoms. The minimum Gasteiger partial charge on any atom is -0.495 e. The highest BCUT2D eigenvalue weighted by Gasteiger charge is 2.42. The minimum atomic E-state index is -1.62. The van der Waals surface area contributed by atoms with Gasteiger partial charge in [0.1, 0.15) is 11.4 Å². The van der Waals surface area contributed by atoms with Gasteiger partial charge in [0.2, 0.25) is 0 Å². The van der Waals surface area contributed by atoms with Gasteiger partial charge in [-0.2, -0.15) is 0 Å². The van der Waals surface area contributed by atoms with E-state index in [1.165, 1.54) is 25.0 Å². The van der Waals surface area contributed by atoms with Crippen LogP contribution >= 0.6 is 0 Å². The number of hydrogen-bond donors (Lipinski definition) is 1. The van der Waals surface area contributed by atoms with Gasteiger partial charge in [-0.1, -0.05) is 6.07 Å². The maximum atomic E-state index is 14.0. The van der Waals surface area contributed by atoms with Gasteiger partial charge in [-0.25, -0.2) is 18.2 Å². The van der Waals surface area contributed by atoms with Crippen molar-refractivity contribution in [3.8, 4) is 11.4 Å². The molecule has 0 unspecified atom stereocenters. The van der Waals surface area contributed by atoms with Crippen LogP contribution in [0.3, 0.4) is 0 Å². The van der Waals surface area contributed by atoms with Crippen molar-refractivity contribution in [3.63, 3.8) is 0 Å². The molecule has 1 aliphatic rings. The number of nitrogens with zero attached hydrogens (tertiary/aromatic N) is 3. The first-order valence-electron chi connectivity index (χ1n) is 11.6. The van der Waals surface area contributed by atoms with Crippen LogP contribution in [0, 0.1) is 24.4 Å². The molecule has 2 atom stereocenters. The van der Waals surface area contributed by atoms with Crippen LogP contribution in [0.4, 0.5) is 13.2 Å². The third kappa shape index (κ3) is 5.34. The molecule has 196 valence electrons. The summed E-state index contributed by atoms with van der Waals surface area (Å²) in [4.78, 5) is 19.0. The highest BCUT2D eigenvalue weighted by molar-refractivity contribution is 5.97. The lowest BCUT2D eigenvalue weighted by Crippen LogP contribution is -2.53. The Morgan fingerprint density at radius 2 is 1.86 bits per heavy atom. The second-order valence-electron chi connectivity index (χ2n) is 9.64. The van der Waals surface area contributed by atoms with Crippen LogP contribution < -0.4 is 4.74 Å². The Labute approximate surface area is 212 Å². The standard InChI is InChI=1S/C27H28F3N3O4/c1-15-12-32(14-31-15)21-7-6-17(8-22(21)36-5)9-23-26(35)33(13-27(3,4)37-23)25(16(2)34)18-10-19(28)24(30)20(29)11-18/h6-12,14,16,25,34H,13H2,1-5H3/t16-,25+/m1/s1. The minimum absolute atomic E-state index is 0.0155. The van der Waals surface area contributed by atoms with E-state index in [0.29, 0.717) is 11.3 Å². The van der Waals surface area contributed by atoms with Crippen LogP contribution in [-0.4, -0.2) is 50.8 Å². The molecule has 4 rings (SSSR count). The van der Waals surface area contributed by atoms with Crippen molar-refractivity contribution in [3.05, 3.63) is 82.9 Å². The number of imidazole rings is 1. The Hall–Kier alpha value is -3.79. The number of aryl methyl sites for hydroxylation is 1. The number of carbonyl (C=O) groups is 1. The van der Waals surface area contributed by atoms with E-state index in [9.17, 15) is 23.1 Å². The Balaban J connectivity index is 1.73. The molecule has 0 bridgehead atoms. The summed E-state index contributed by atoms with van der Waals surface area (Å²) in [5, 5.41) is 10.5. The normalized spacial score (nSPS) is 18.0. The molecule has 0 radical (unpaired) electrons. The topological polar surface area (TPSA) is 76.8 Å². The zero-order valence-corrected chi connectivity index (χ0v) is 21.1. The summed E-state index contributed by atoms with van der Waals surface area (Å²) in [6.07, 6.45) is 3.83. The lowest BCUT2D eigenvalue weighted by Gasteiger charge is -2.44. The van der Waals surface area contributed by atoms with E-state index in [0.717, 1.165) is 23.5 Å². The molecule has 1 aliphatic heterocycles. The van der Waals surface area contributed by atoms with Crippen molar-refractivity contribution >= 4 is 12.0 Å². The molecule has 2 heterocycles. The number of methoxy groups -OCH3 is 1. The van der Waals surface area contributed by atoms with Crippen molar-refractivity contribution in [2.24, 2.45) is 0 Å². The van der Waals surface area contributed by atoms with Crippen molar-refractivity contribution in [1.29, 1.82) is 0 Å². The highest BCUT2D eigenvalue weighted by Crippen LogP contribution is 2.36. The van der Waals surface area contributed by atoms with Gasteiger partial charge in [0.15, 0.2) is 23.2 Å². The highest BCUT2D eigenvalue weighted by atomic mass is 19.2. The maximum absolute atomic E-state index is 14.0. The molecule has 0 aliphatic carbocycles. The first-order chi connectivity index (χ1) is 17.4. The summed E-state index contributed by atoms with van der Waals surface area (Å²) < 4.78 is 54.9. The first kappa shape index (κ1) is 26.3. The number of rotatable bonds is 6. The number of benzene rings is 2. The molecule has 3 aromatic rings. The van der Waals surface area contributed by atoms with Gasteiger partial charge in [-0.3, -0.25) is 4.79 Å². The van der Waals surface area contributed by atoms with Crippen LogP contribution in [0.2, 0.25) is 0 Å². The van der Waals surface area contributed by atoms with E-state index in [1.807, 2.05) is 23.8 Å². The van der Waals surface area contributed by atoms with Gasteiger partial charge in [-0.15, -0.1) is 0 Å². The maximum Gasteiger partial charge on any atom is 0.289 e. The second kappa shape index (κ2) is 9.93. The van der Waals surface area contributed by atoms with Gasteiger partial charge in [-0.05, 0) is 69.2 Å². The number of aliphatic hydroxyl groups excluding tert-OH is 1. The summed E-state index contributed by atoms with van der Waals surface area (Å²) >= 11 is 0. The zero-order chi connectivity index (χ0) is 27.1. The average Bonchev–Trinajstić information content (AvgIpc) is 3.25. The van der Waals surface area contributed by atoms with Crippen LogP contribution in [0.25, 0.3) is 11.8 Å². The number of aliphatic hydroxyl groups is 1. The van der Waals surface area contributed by atoms with Crippen LogP contribution in [0.5, 0.6) is 5.75 Å². The predicted octanol–water partition coefficient (Wildman–Crippen LogP) is 4.71. The monoisotopic (exact) mass is 515 g/mol. The van der Waals surface area contributed by atoms with Gasteiger partial charge in [0, 0.05) is 6.20 Å². The van der Waals surface area contributed by atoms with E-state index in [2.05, 4.69) is 4.98 Å². The number of carbonyl (C=O) groups excluding carboxylic acids is 1. The summed E-state index contributed by atoms with van der Waals surface area (Å²) in [5.74, 6) is -4.52. The molecule has 7 nitrogen and oxygen atoms in total. The molecule has 1 aromatic heterocycles. The molecular formula is C27H28F3N3O4. The summed E-state index contributed by atoms with van der Waals surface area (Å²) in [6.45, 7) is 6.77. The molecule has 10 heteroatoms. The lowest BCUT2D eigenvalue weighted by atomic mass is 9.96. The Morgan fingerprint density at radius 1 is 1.19 bits per heavy atom.